The first-order chi connectivity index (χ1) is 8.37. The molecule has 2 atom stereocenters. The lowest BCUT2D eigenvalue weighted by molar-refractivity contribution is -0.160. The molecule has 5 nitrogen and oxygen atoms in total. The molecule has 2 aliphatic heterocycles. The molecule has 0 radical (unpaired) electrons. The topological polar surface area (TPSA) is 66.8 Å². The molecule has 0 aromatic heterocycles. The van der Waals surface area contributed by atoms with Crippen molar-refractivity contribution in [1.82, 2.24) is 4.90 Å². The molecule has 2 fully saturated rings. The second-order valence-electron chi connectivity index (χ2n) is 5.88. The van der Waals surface area contributed by atoms with Crippen LogP contribution in [0.2, 0.25) is 0 Å². The number of likely N-dealkylation sites (tertiary alicyclic amines) is 1. The third-order valence-electron chi connectivity index (χ3n) is 4.17. The lowest BCUT2D eigenvalue weighted by Gasteiger charge is -2.40. The van der Waals surface area contributed by atoms with E-state index < -0.39 is 17.0 Å². The minimum Gasteiger partial charge on any atom is -0.481 e. The van der Waals surface area contributed by atoms with Gasteiger partial charge in [-0.15, -0.1) is 0 Å². The van der Waals surface area contributed by atoms with E-state index in [1.54, 1.807) is 11.8 Å². The second-order valence-corrected chi connectivity index (χ2v) is 5.88. The first kappa shape index (κ1) is 13.3. The van der Waals surface area contributed by atoms with Crippen molar-refractivity contribution in [2.45, 2.75) is 45.1 Å². The van der Waals surface area contributed by atoms with Crippen LogP contribution in [-0.4, -0.2) is 47.2 Å². The van der Waals surface area contributed by atoms with Gasteiger partial charge in [-0.05, 0) is 39.5 Å². The molecule has 2 saturated heterocycles. The van der Waals surface area contributed by atoms with Gasteiger partial charge in [0.25, 0.3) is 5.91 Å². The smallest absolute Gasteiger partial charge is 0.311 e. The maximum Gasteiger partial charge on any atom is 0.311 e. The monoisotopic (exact) mass is 255 g/mol. The number of carbonyl (C=O) groups excluding carboxylic acids is 1. The highest BCUT2D eigenvalue weighted by Gasteiger charge is 2.45. The molecule has 1 amide bonds. The summed E-state index contributed by atoms with van der Waals surface area (Å²) in [5, 5.41) is 9.26. The Morgan fingerprint density at radius 1 is 1.22 bits per heavy atom. The molecule has 0 spiro atoms. The average molecular weight is 255 g/mol. The summed E-state index contributed by atoms with van der Waals surface area (Å²) in [6.07, 6.45) is 2.99. The number of hydrogen-bond donors (Lipinski definition) is 1. The summed E-state index contributed by atoms with van der Waals surface area (Å²) in [6.45, 7) is 5.08. The highest BCUT2D eigenvalue weighted by molar-refractivity contribution is 5.86. The van der Waals surface area contributed by atoms with Gasteiger partial charge in [-0.3, -0.25) is 9.59 Å². The number of nitrogens with zero attached hydrogens (tertiary/aromatic N) is 1. The van der Waals surface area contributed by atoms with Crippen molar-refractivity contribution in [3.8, 4) is 0 Å². The maximum atomic E-state index is 12.4. The predicted octanol–water partition coefficient (Wildman–Crippen LogP) is 1.27. The minimum atomic E-state index is -0.822. The van der Waals surface area contributed by atoms with Crippen molar-refractivity contribution in [3.63, 3.8) is 0 Å². The number of amides is 1. The number of carboxylic acids is 1. The summed E-state index contributed by atoms with van der Waals surface area (Å²) >= 11 is 0. The van der Waals surface area contributed by atoms with Crippen LogP contribution in [0.15, 0.2) is 0 Å². The normalized spacial score (nSPS) is 36.7. The molecule has 2 heterocycles. The third-order valence-corrected chi connectivity index (χ3v) is 4.17. The largest absolute Gasteiger partial charge is 0.481 e. The number of aliphatic carboxylic acids is 1. The molecule has 0 bridgehead atoms. The van der Waals surface area contributed by atoms with Gasteiger partial charge in [-0.2, -0.15) is 0 Å². The van der Waals surface area contributed by atoms with Gasteiger partial charge in [0.1, 0.15) is 5.60 Å². The number of hydrogen-bond acceptors (Lipinski definition) is 3. The van der Waals surface area contributed by atoms with E-state index in [-0.39, 0.29) is 5.91 Å². The minimum absolute atomic E-state index is 0.0489. The fourth-order valence-electron chi connectivity index (χ4n) is 2.87. The Bertz CT molecular complexity index is 362. The molecule has 0 aliphatic carbocycles. The van der Waals surface area contributed by atoms with E-state index >= 15 is 0 Å². The zero-order chi connectivity index (χ0) is 13.4. The van der Waals surface area contributed by atoms with Crippen molar-refractivity contribution in [2.75, 3.05) is 19.7 Å². The van der Waals surface area contributed by atoms with Gasteiger partial charge in [0.15, 0.2) is 0 Å². The Kier molecular flexibility index (Phi) is 3.36. The Labute approximate surface area is 107 Å². The van der Waals surface area contributed by atoms with Crippen LogP contribution in [0.25, 0.3) is 0 Å². The van der Waals surface area contributed by atoms with Crippen LogP contribution in [-0.2, 0) is 14.3 Å². The Balaban J connectivity index is 2.09. The van der Waals surface area contributed by atoms with Crippen LogP contribution >= 0.6 is 0 Å². The summed E-state index contributed by atoms with van der Waals surface area (Å²) < 4.78 is 5.55. The quantitative estimate of drug-likeness (QED) is 0.807. The van der Waals surface area contributed by atoms with Crippen LogP contribution in [0.4, 0.5) is 0 Å². The fourth-order valence-corrected chi connectivity index (χ4v) is 2.87. The van der Waals surface area contributed by atoms with Gasteiger partial charge < -0.3 is 14.7 Å². The summed E-state index contributed by atoms with van der Waals surface area (Å²) in [4.78, 5) is 25.4. The Morgan fingerprint density at radius 2 is 1.94 bits per heavy atom. The maximum absolute atomic E-state index is 12.4. The van der Waals surface area contributed by atoms with E-state index in [1.807, 2.05) is 6.92 Å². The predicted molar refractivity (Wildman–Crippen MR) is 65.1 cm³/mol. The third kappa shape index (κ3) is 2.23. The van der Waals surface area contributed by atoms with E-state index in [0.717, 1.165) is 19.3 Å². The van der Waals surface area contributed by atoms with Gasteiger partial charge >= 0.3 is 5.97 Å². The molecule has 2 rings (SSSR count). The molecule has 0 saturated carbocycles. The highest BCUT2D eigenvalue weighted by atomic mass is 16.5. The van der Waals surface area contributed by atoms with Gasteiger partial charge in [0.2, 0.25) is 0 Å². The van der Waals surface area contributed by atoms with E-state index in [4.69, 9.17) is 4.74 Å². The molecule has 102 valence electrons. The summed E-state index contributed by atoms with van der Waals surface area (Å²) in [5.41, 5.74) is -1.56. The fraction of sp³-hybridized carbons (Fsp3) is 0.846. The number of carbonyl (C=O) groups is 2. The van der Waals surface area contributed by atoms with E-state index in [9.17, 15) is 14.7 Å². The SMILES string of the molecule is CC1(C(=O)O)CCCN(C(=O)C2(C)CCCO2)C1. The second kappa shape index (κ2) is 4.53. The van der Waals surface area contributed by atoms with Crippen molar-refractivity contribution < 1.29 is 19.4 Å². The molecule has 2 aliphatic rings. The molecule has 0 aromatic carbocycles. The number of ether oxygens (including phenoxy) is 1. The van der Waals surface area contributed by atoms with E-state index in [0.29, 0.717) is 26.1 Å². The Morgan fingerprint density at radius 3 is 2.50 bits per heavy atom. The first-order valence-corrected chi connectivity index (χ1v) is 6.54. The summed E-state index contributed by atoms with van der Waals surface area (Å²) in [7, 11) is 0. The molecule has 2 unspecified atom stereocenters. The van der Waals surface area contributed by atoms with Gasteiger partial charge in [0, 0.05) is 19.7 Å². The highest BCUT2D eigenvalue weighted by Crippen LogP contribution is 2.33. The van der Waals surface area contributed by atoms with E-state index in [2.05, 4.69) is 0 Å². The zero-order valence-corrected chi connectivity index (χ0v) is 11.1. The first-order valence-electron chi connectivity index (χ1n) is 6.54. The number of piperidine rings is 1. The van der Waals surface area contributed by atoms with Crippen LogP contribution in [0.5, 0.6) is 0 Å². The molecular formula is C13H21NO4. The number of carboxylic acid groups (broad SMARTS) is 1. The van der Waals surface area contributed by atoms with Crippen molar-refractivity contribution in [3.05, 3.63) is 0 Å². The molecule has 1 N–H and O–H groups in total. The molecule has 5 heteroatoms. The van der Waals surface area contributed by atoms with Crippen LogP contribution < -0.4 is 0 Å². The van der Waals surface area contributed by atoms with Gasteiger partial charge in [-0.1, -0.05) is 0 Å². The number of rotatable bonds is 2. The summed E-state index contributed by atoms with van der Waals surface area (Å²) in [5.74, 6) is -0.871. The summed E-state index contributed by atoms with van der Waals surface area (Å²) in [6, 6.07) is 0. The van der Waals surface area contributed by atoms with Crippen molar-refractivity contribution >= 4 is 11.9 Å². The lowest BCUT2D eigenvalue weighted by Crippen LogP contribution is -2.54. The lowest BCUT2D eigenvalue weighted by atomic mass is 9.81. The Hall–Kier alpha value is -1.10. The van der Waals surface area contributed by atoms with Crippen LogP contribution in [0.1, 0.15) is 39.5 Å². The molecule has 0 aromatic rings. The van der Waals surface area contributed by atoms with Crippen molar-refractivity contribution in [1.29, 1.82) is 0 Å². The average Bonchev–Trinajstić information content (AvgIpc) is 2.76. The van der Waals surface area contributed by atoms with Crippen molar-refractivity contribution in [2.24, 2.45) is 5.41 Å². The van der Waals surface area contributed by atoms with Crippen LogP contribution in [0, 0.1) is 5.41 Å². The standard InChI is InChI=1S/C13H21NO4/c1-12(11(16)17)5-3-7-14(9-12)10(15)13(2)6-4-8-18-13/h3-9H2,1-2H3,(H,16,17). The van der Waals surface area contributed by atoms with Gasteiger partial charge in [-0.25, -0.2) is 0 Å². The van der Waals surface area contributed by atoms with Crippen LogP contribution in [0.3, 0.4) is 0 Å². The molecule has 18 heavy (non-hydrogen) atoms. The van der Waals surface area contributed by atoms with E-state index in [1.165, 1.54) is 0 Å². The van der Waals surface area contributed by atoms with Gasteiger partial charge in [0.05, 0.1) is 5.41 Å². The zero-order valence-electron chi connectivity index (χ0n) is 11.1. The molecular weight excluding hydrogens is 234 g/mol.